The van der Waals surface area contributed by atoms with Gasteiger partial charge in [0.2, 0.25) is 0 Å². The lowest BCUT2D eigenvalue weighted by atomic mass is 9.98. The van der Waals surface area contributed by atoms with Crippen LogP contribution in [0.1, 0.15) is 55.4 Å². The van der Waals surface area contributed by atoms with Gasteiger partial charge in [-0.2, -0.15) is 0 Å². The van der Waals surface area contributed by atoms with Crippen LogP contribution in [0.3, 0.4) is 0 Å². The number of amides is 1. The van der Waals surface area contributed by atoms with Crippen molar-refractivity contribution < 1.29 is 4.79 Å². The van der Waals surface area contributed by atoms with Crippen LogP contribution in [0, 0.1) is 0 Å². The summed E-state index contributed by atoms with van der Waals surface area (Å²) >= 11 is 0. The summed E-state index contributed by atoms with van der Waals surface area (Å²) in [5, 5.41) is 2.94. The van der Waals surface area contributed by atoms with E-state index in [1.54, 1.807) is 12.3 Å². The third kappa shape index (κ3) is 4.86. The highest BCUT2D eigenvalue weighted by atomic mass is 16.1. The van der Waals surface area contributed by atoms with Gasteiger partial charge in [0, 0.05) is 12.7 Å². The second kappa shape index (κ2) is 7.72. The average Bonchev–Trinajstić information content (AvgIpc) is 2.42. The number of allylic oxidation sites excluding steroid dienone is 1. The summed E-state index contributed by atoms with van der Waals surface area (Å²) in [6, 6.07) is 5.39. The zero-order chi connectivity index (χ0) is 13.3. The van der Waals surface area contributed by atoms with Gasteiger partial charge in [-0.25, -0.2) is 0 Å². The Hall–Kier alpha value is -1.64. The Kier molecular flexibility index (Phi) is 5.60. The van der Waals surface area contributed by atoms with Crippen molar-refractivity contribution in [3.63, 3.8) is 0 Å². The summed E-state index contributed by atoms with van der Waals surface area (Å²) in [6.07, 6.45) is 12.7. The van der Waals surface area contributed by atoms with Crippen LogP contribution in [0.2, 0.25) is 0 Å². The summed E-state index contributed by atoms with van der Waals surface area (Å²) in [5.74, 6) is -0.0768. The second-order valence-corrected chi connectivity index (χ2v) is 5.04. The van der Waals surface area contributed by atoms with Crippen LogP contribution in [0.15, 0.2) is 36.0 Å². The number of carbonyl (C=O) groups is 1. The Labute approximate surface area is 115 Å². The molecule has 0 radical (unpaired) electrons. The molecule has 3 heteroatoms. The lowest BCUT2D eigenvalue weighted by Gasteiger charge is -2.11. The molecule has 0 spiro atoms. The van der Waals surface area contributed by atoms with Gasteiger partial charge in [0.05, 0.1) is 0 Å². The first kappa shape index (κ1) is 13.8. The van der Waals surface area contributed by atoms with E-state index >= 15 is 0 Å². The highest BCUT2D eigenvalue weighted by Crippen LogP contribution is 2.18. The molecule has 0 fully saturated rings. The highest BCUT2D eigenvalue weighted by molar-refractivity contribution is 5.92. The van der Waals surface area contributed by atoms with Crippen LogP contribution in [-0.4, -0.2) is 17.4 Å². The largest absolute Gasteiger partial charge is 0.350 e. The molecular formula is C16H22N2O. The van der Waals surface area contributed by atoms with E-state index in [0.717, 1.165) is 6.42 Å². The van der Waals surface area contributed by atoms with Crippen molar-refractivity contribution in [3.05, 3.63) is 41.7 Å². The standard InChI is InChI=1S/C16H22N2O/c19-16(15-10-6-7-12-17-15)18-13-11-14-8-4-2-1-3-5-9-14/h6-8,10,12H,1-5,9,11,13H2,(H,18,19)/b14-8+. The van der Waals surface area contributed by atoms with E-state index in [0.29, 0.717) is 12.2 Å². The van der Waals surface area contributed by atoms with Crippen LogP contribution in [0.25, 0.3) is 0 Å². The van der Waals surface area contributed by atoms with Crippen molar-refractivity contribution in [1.82, 2.24) is 10.3 Å². The van der Waals surface area contributed by atoms with Crippen LogP contribution >= 0.6 is 0 Å². The predicted molar refractivity (Wildman–Crippen MR) is 77.0 cm³/mol. The molecule has 1 N–H and O–H groups in total. The molecule has 0 saturated carbocycles. The van der Waals surface area contributed by atoms with Crippen LogP contribution in [0.5, 0.6) is 0 Å². The number of hydrogen-bond acceptors (Lipinski definition) is 2. The Bertz CT molecular complexity index is 426. The first-order valence-corrected chi connectivity index (χ1v) is 7.23. The van der Waals surface area contributed by atoms with Gasteiger partial charge in [0.1, 0.15) is 5.69 Å². The van der Waals surface area contributed by atoms with Crippen molar-refractivity contribution in [2.24, 2.45) is 0 Å². The summed E-state index contributed by atoms with van der Waals surface area (Å²) in [7, 11) is 0. The number of rotatable bonds is 4. The minimum atomic E-state index is -0.0768. The fourth-order valence-electron chi connectivity index (χ4n) is 2.41. The number of nitrogens with one attached hydrogen (secondary N) is 1. The molecule has 0 bridgehead atoms. The fraction of sp³-hybridized carbons (Fsp3) is 0.500. The van der Waals surface area contributed by atoms with E-state index in [4.69, 9.17) is 0 Å². The topological polar surface area (TPSA) is 42.0 Å². The molecule has 19 heavy (non-hydrogen) atoms. The van der Waals surface area contributed by atoms with Crippen molar-refractivity contribution in [2.75, 3.05) is 6.54 Å². The zero-order valence-electron chi connectivity index (χ0n) is 11.4. The first-order valence-electron chi connectivity index (χ1n) is 7.23. The molecule has 2 rings (SSSR count). The molecule has 1 aliphatic rings. The SMILES string of the molecule is O=C(NCC/C1=C/CCCCCC1)c1ccccn1. The minimum Gasteiger partial charge on any atom is -0.350 e. The van der Waals surface area contributed by atoms with Crippen molar-refractivity contribution in [3.8, 4) is 0 Å². The Balaban J connectivity index is 1.75. The number of aromatic nitrogens is 1. The van der Waals surface area contributed by atoms with E-state index < -0.39 is 0 Å². The zero-order valence-corrected chi connectivity index (χ0v) is 11.4. The maximum atomic E-state index is 11.8. The molecule has 1 heterocycles. The Morgan fingerprint density at radius 2 is 2.11 bits per heavy atom. The highest BCUT2D eigenvalue weighted by Gasteiger charge is 2.06. The molecule has 1 aromatic heterocycles. The lowest BCUT2D eigenvalue weighted by molar-refractivity contribution is 0.0949. The minimum absolute atomic E-state index is 0.0768. The monoisotopic (exact) mass is 258 g/mol. The normalized spacial score (nSPS) is 18.8. The second-order valence-electron chi connectivity index (χ2n) is 5.04. The molecule has 0 atom stereocenters. The van der Waals surface area contributed by atoms with E-state index in [-0.39, 0.29) is 5.91 Å². The molecule has 0 unspecified atom stereocenters. The van der Waals surface area contributed by atoms with Gasteiger partial charge in [0.15, 0.2) is 0 Å². The van der Waals surface area contributed by atoms with Crippen molar-refractivity contribution >= 4 is 5.91 Å². The summed E-state index contributed by atoms with van der Waals surface area (Å²) in [5.41, 5.74) is 2.00. The van der Waals surface area contributed by atoms with Gasteiger partial charge < -0.3 is 5.32 Å². The molecule has 1 amide bonds. The maximum Gasteiger partial charge on any atom is 0.269 e. The van der Waals surface area contributed by atoms with Crippen molar-refractivity contribution in [1.29, 1.82) is 0 Å². The smallest absolute Gasteiger partial charge is 0.269 e. The Morgan fingerprint density at radius 3 is 2.95 bits per heavy atom. The van der Waals surface area contributed by atoms with Crippen LogP contribution in [-0.2, 0) is 0 Å². The molecule has 1 aromatic rings. The van der Waals surface area contributed by atoms with Gasteiger partial charge in [0.25, 0.3) is 5.91 Å². The predicted octanol–water partition coefficient (Wildman–Crippen LogP) is 3.48. The van der Waals surface area contributed by atoms with Crippen molar-refractivity contribution in [2.45, 2.75) is 44.9 Å². The summed E-state index contributed by atoms with van der Waals surface area (Å²) < 4.78 is 0. The maximum absolute atomic E-state index is 11.8. The molecular weight excluding hydrogens is 236 g/mol. The molecule has 0 aliphatic heterocycles. The average molecular weight is 258 g/mol. The van der Waals surface area contributed by atoms with Crippen LogP contribution < -0.4 is 5.32 Å². The first-order chi connectivity index (χ1) is 9.36. The van der Waals surface area contributed by atoms with Gasteiger partial charge >= 0.3 is 0 Å². The third-order valence-electron chi connectivity index (χ3n) is 3.51. The quantitative estimate of drug-likeness (QED) is 0.840. The van der Waals surface area contributed by atoms with Gasteiger partial charge in [-0.3, -0.25) is 9.78 Å². The Morgan fingerprint density at radius 1 is 1.21 bits per heavy atom. The number of carbonyl (C=O) groups excluding carboxylic acids is 1. The summed E-state index contributed by atoms with van der Waals surface area (Å²) in [4.78, 5) is 15.9. The summed E-state index contributed by atoms with van der Waals surface area (Å²) in [6.45, 7) is 0.710. The van der Waals surface area contributed by atoms with E-state index in [1.165, 1.54) is 44.1 Å². The van der Waals surface area contributed by atoms with E-state index in [9.17, 15) is 4.79 Å². The molecule has 3 nitrogen and oxygen atoms in total. The van der Waals surface area contributed by atoms with Gasteiger partial charge in [-0.05, 0) is 44.2 Å². The third-order valence-corrected chi connectivity index (χ3v) is 3.51. The van der Waals surface area contributed by atoms with E-state index in [2.05, 4.69) is 16.4 Å². The lowest BCUT2D eigenvalue weighted by Crippen LogP contribution is -2.25. The fourth-order valence-corrected chi connectivity index (χ4v) is 2.41. The molecule has 0 saturated heterocycles. The van der Waals surface area contributed by atoms with Gasteiger partial charge in [-0.1, -0.05) is 30.6 Å². The van der Waals surface area contributed by atoms with E-state index in [1.807, 2.05) is 12.1 Å². The number of pyridine rings is 1. The van der Waals surface area contributed by atoms with Gasteiger partial charge in [-0.15, -0.1) is 0 Å². The molecule has 0 aromatic carbocycles. The molecule has 1 aliphatic carbocycles. The van der Waals surface area contributed by atoms with Crippen LogP contribution in [0.4, 0.5) is 0 Å². The molecule has 102 valence electrons. The number of nitrogens with zero attached hydrogens (tertiary/aromatic N) is 1. The number of hydrogen-bond donors (Lipinski definition) is 1.